The van der Waals surface area contributed by atoms with E-state index in [1.54, 1.807) is 48.5 Å². The van der Waals surface area contributed by atoms with Crippen LogP contribution in [-0.4, -0.2) is 32.6 Å². The number of amides is 1. The van der Waals surface area contributed by atoms with Crippen LogP contribution in [-0.2, 0) is 16.4 Å². The second-order valence-corrected chi connectivity index (χ2v) is 10.4. The summed E-state index contributed by atoms with van der Waals surface area (Å²) in [6, 6.07) is 17.6. The van der Waals surface area contributed by atoms with Crippen molar-refractivity contribution in [1.29, 1.82) is 0 Å². The fourth-order valence-corrected chi connectivity index (χ4v) is 5.34. The molecule has 9 heteroatoms. The van der Waals surface area contributed by atoms with Crippen LogP contribution in [0.1, 0.15) is 33.9 Å². The molecule has 3 aromatic rings. The second-order valence-electron chi connectivity index (χ2n) is 7.76. The second kappa shape index (κ2) is 9.64. The van der Waals surface area contributed by atoms with E-state index in [2.05, 4.69) is 26.0 Å². The minimum absolute atomic E-state index is 0.104. The van der Waals surface area contributed by atoms with E-state index in [1.807, 2.05) is 6.07 Å². The van der Waals surface area contributed by atoms with Gasteiger partial charge in [-0.2, -0.15) is 0 Å². The Morgan fingerprint density at radius 1 is 1.09 bits per heavy atom. The van der Waals surface area contributed by atoms with Gasteiger partial charge in [0.1, 0.15) is 5.75 Å². The van der Waals surface area contributed by atoms with Crippen LogP contribution in [0.3, 0.4) is 0 Å². The Bertz CT molecular complexity index is 1280. The van der Waals surface area contributed by atoms with Crippen LogP contribution < -0.4 is 14.8 Å². The molecule has 7 nitrogen and oxygen atoms in total. The van der Waals surface area contributed by atoms with Gasteiger partial charge in [-0.05, 0) is 78.6 Å². The first-order valence-corrected chi connectivity index (χ1v) is 12.6. The number of aliphatic hydroxyl groups excluding tert-OH is 1. The van der Waals surface area contributed by atoms with E-state index in [9.17, 15) is 18.3 Å². The van der Waals surface area contributed by atoms with Crippen molar-refractivity contribution >= 4 is 37.5 Å². The largest absolute Gasteiger partial charge is 0.497 e. The van der Waals surface area contributed by atoms with Crippen LogP contribution in [0.5, 0.6) is 5.75 Å². The lowest BCUT2D eigenvalue weighted by Gasteiger charge is -2.31. The smallest absolute Gasteiger partial charge is 0.255 e. The van der Waals surface area contributed by atoms with E-state index in [-0.39, 0.29) is 10.8 Å². The van der Waals surface area contributed by atoms with E-state index in [1.165, 1.54) is 19.2 Å². The van der Waals surface area contributed by atoms with Gasteiger partial charge in [0.05, 0.1) is 24.2 Å². The van der Waals surface area contributed by atoms with Crippen LogP contribution in [0.25, 0.3) is 0 Å². The summed E-state index contributed by atoms with van der Waals surface area (Å²) >= 11 is 3.30. The van der Waals surface area contributed by atoms with Gasteiger partial charge < -0.3 is 15.2 Å². The van der Waals surface area contributed by atoms with Crippen molar-refractivity contribution in [1.82, 2.24) is 4.72 Å². The van der Waals surface area contributed by atoms with Crippen molar-refractivity contribution in [3.05, 3.63) is 87.9 Å². The highest BCUT2D eigenvalue weighted by Gasteiger charge is 2.32. The molecule has 0 fully saturated rings. The van der Waals surface area contributed by atoms with Gasteiger partial charge in [-0.1, -0.05) is 28.1 Å². The SMILES string of the molecule is COc1cccc(C(=O)Nc2ccc3c(c2)[C@@H](NS(=O)(=O)c2ccc(Br)cc2)[C@H](O)CC3)c1. The number of aryl methyl sites for hydroxylation is 1. The Morgan fingerprint density at radius 3 is 2.58 bits per heavy atom. The van der Waals surface area contributed by atoms with Gasteiger partial charge in [0, 0.05) is 15.7 Å². The normalized spacial score (nSPS) is 17.8. The Kier molecular flexibility index (Phi) is 6.85. The highest BCUT2D eigenvalue weighted by atomic mass is 79.9. The fourth-order valence-electron chi connectivity index (χ4n) is 3.83. The number of halogens is 1. The standard InChI is InChI=1S/C24H23BrN2O5S/c1-32-19-4-2-3-16(13-19)24(29)26-18-9-5-15-6-12-22(28)23(21(15)14-18)27-33(30,31)20-10-7-17(25)8-11-20/h2-5,7-11,13-14,22-23,27-28H,6,12H2,1H3,(H,26,29)/t22-,23-/m1/s1. The summed E-state index contributed by atoms with van der Waals surface area (Å²) in [5, 5.41) is 13.5. The lowest BCUT2D eigenvalue weighted by atomic mass is 9.86. The molecule has 0 aliphatic heterocycles. The summed E-state index contributed by atoms with van der Waals surface area (Å²) in [5.41, 5.74) is 2.49. The highest BCUT2D eigenvalue weighted by molar-refractivity contribution is 9.10. The number of anilines is 1. The summed E-state index contributed by atoms with van der Waals surface area (Å²) in [4.78, 5) is 12.8. The van der Waals surface area contributed by atoms with Crippen molar-refractivity contribution in [2.75, 3.05) is 12.4 Å². The number of nitrogens with one attached hydrogen (secondary N) is 2. The number of rotatable bonds is 6. The molecule has 172 valence electrons. The first kappa shape index (κ1) is 23.4. The molecular formula is C24H23BrN2O5S. The number of ether oxygens (including phenoxy) is 1. The number of hydrogen-bond acceptors (Lipinski definition) is 5. The topological polar surface area (TPSA) is 105 Å². The molecule has 0 heterocycles. The van der Waals surface area contributed by atoms with Crippen LogP contribution in [0.2, 0.25) is 0 Å². The molecule has 3 N–H and O–H groups in total. The molecule has 3 aromatic carbocycles. The van der Waals surface area contributed by atoms with Crippen LogP contribution in [0.4, 0.5) is 5.69 Å². The summed E-state index contributed by atoms with van der Waals surface area (Å²) < 4.78 is 34.5. The van der Waals surface area contributed by atoms with Gasteiger partial charge in [0.2, 0.25) is 10.0 Å². The maximum atomic E-state index is 13.0. The van der Waals surface area contributed by atoms with Crippen molar-refractivity contribution in [3.8, 4) is 5.75 Å². The minimum Gasteiger partial charge on any atom is -0.497 e. The number of carbonyl (C=O) groups excluding carboxylic acids is 1. The average Bonchev–Trinajstić information content (AvgIpc) is 2.81. The molecule has 0 saturated heterocycles. The lowest BCUT2D eigenvalue weighted by molar-refractivity contribution is 0.102. The molecule has 0 aromatic heterocycles. The lowest BCUT2D eigenvalue weighted by Crippen LogP contribution is -2.39. The maximum absolute atomic E-state index is 13.0. The molecule has 33 heavy (non-hydrogen) atoms. The number of benzene rings is 3. The van der Waals surface area contributed by atoms with Crippen LogP contribution in [0.15, 0.2) is 76.1 Å². The first-order chi connectivity index (χ1) is 15.8. The Morgan fingerprint density at radius 2 is 1.85 bits per heavy atom. The van der Waals surface area contributed by atoms with Crippen LogP contribution >= 0.6 is 15.9 Å². The molecule has 0 spiro atoms. The Labute approximate surface area is 201 Å². The number of methoxy groups -OCH3 is 1. The quantitative estimate of drug-likeness (QED) is 0.446. The highest BCUT2D eigenvalue weighted by Crippen LogP contribution is 2.33. The average molecular weight is 531 g/mol. The van der Waals surface area contributed by atoms with E-state index in [4.69, 9.17) is 4.74 Å². The molecule has 1 amide bonds. The summed E-state index contributed by atoms with van der Waals surface area (Å²) in [6.07, 6.45) is 0.139. The van der Waals surface area contributed by atoms with Gasteiger partial charge in [0.15, 0.2) is 0 Å². The molecule has 0 bridgehead atoms. The number of aliphatic hydroxyl groups is 1. The number of carbonyl (C=O) groups is 1. The van der Waals surface area contributed by atoms with Crippen molar-refractivity contribution in [3.63, 3.8) is 0 Å². The van der Waals surface area contributed by atoms with Crippen LogP contribution in [0, 0.1) is 0 Å². The van der Waals surface area contributed by atoms with Crippen molar-refractivity contribution < 1.29 is 23.1 Å². The zero-order valence-corrected chi connectivity index (χ0v) is 20.2. The number of hydrogen-bond donors (Lipinski definition) is 3. The molecule has 4 rings (SSSR count). The van der Waals surface area contributed by atoms with Gasteiger partial charge in [-0.3, -0.25) is 4.79 Å². The third-order valence-electron chi connectivity index (χ3n) is 5.57. The van der Waals surface area contributed by atoms with Gasteiger partial charge in [0.25, 0.3) is 5.91 Å². The minimum atomic E-state index is -3.87. The van der Waals surface area contributed by atoms with E-state index < -0.39 is 22.2 Å². The molecule has 2 atom stereocenters. The number of sulfonamides is 1. The molecule has 1 aliphatic rings. The molecule has 1 aliphatic carbocycles. The maximum Gasteiger partial charge on any atom is 0.255 e. The van der Waals surface area contributed by atoms with E-state index in [0.717, 1.165) is 10.0 Å². The molecule has 0 unspecified atom stereocenters. The molecule has 0 radical (unpaired) electrons. The van der Waals surface area contributed by atoms with Crippen molar-refractivity contribution in [2.45, 2.75) is 29.9 Å². The number of fused-ring (bicyclic) bond motifs is 1. The summed E-state index contributed by atoms with van der Waals surface area (Å²) in [6.45, 7) is 0. The predicted molar refractivity (Wildman–Crippen MR) is 129 cm³/mol. The van der Waals surface area contributed by atoms with Gasteiger partial charge in [-0.25, -0.2) is 13.1 Å². The Balaban J connectivity index is 1.60. The Hall–Kier alpha value is -2.72. The van der Waals surface area contributed by atoms with E-state index in [0.29, 0.717) is 35.4 Å². The van der Waals surface area contributed by atoms with Gasteiger partial charge >= 0.3 is 0 Å². The van der Waals surface area contributed by atoms with Crippen molar-refractivity contribution in [2.24, 2.45) is 0 Å². The molecule has 0 saturated carbocycles. The zero-order valence-electron chi connectivity index (χ0n) is 17.8. The zero-order chi connectivity index (χ0) is 23.6. The third-order valence-corrected chi connectivity index (χ3v) is 7.56. The van der Waals surface area contributed by atoms with Gasteiger partial charge in [-0.15, -0.1) is 0 Å². The first-order valence-electron chi connectivity index (χ1n) is 10.3. The predicted octanol–water partition coefficient (Wildman–Crippen LogP) is 4.04. The third kappa shape index (κ3) is 5.27. The fraction of sp³-hybridized carbons (Fsp3) is 0.208. The van der Waals surface area contributed by atoms with E-state index >= 15 is 0 Å². The summed E-state index contributed by atoms with van der Waals surface area (Å²) in [5.74, 6) is 0.246. The monoisotopic (exact) mass is 530 g/mol. The summed E-state index contributed by atoms with van der Waals surface area (Å²) in [7, 11) is -2.34. The molecular weight excluding hydrogens is 508 g/mol.